The zero-order valence-corrected chi connectivity index (χ0v) is 15.7. The van der Waals surface area contributed by atoms with Crippen molar-refractivity contribution in [1.82, 2.24) is 15.0 Å². The summed E-state index contributed by atoms with van der Waals surface area (Å²) in [5, 5.41) is 8.40. The minimum absolute atomic E-state index is 0.0603. The molecule has 0 saturated heterocycles. The molecule has 2 aromatic carbocycles. The lowest BCUT2D eigenvalue weighted by Crippen LogP contribution is -2.07. The van der Waals surface area contributed by atoms with Crippen LogP contribution in [0, 0.1) is 11.7 Å². The van der Waals surface area contributed by atoms with Crippen molar-refractivity contribution in [2.75, 3.05) is 0 Å². The van der Waals surface area contributed by atoms with Gasteiger partial charge >= 0.3 is 0 Å². The highest BCUT2D eigenvalue weighted by Crippen LogP contribution is 2.13. The molecule has 1 aromatic heterocycles. The first kappa shape index (κ1) is 19.0. The van der Waals surface area contributed by atoms with E-state index in [4.69, 9.17) is 0 Å². The molecular formula is C22H24FN3O. The maximum atomic E-state index is 13.2. The van der Waals surface area contributed by atoms with Gasteiger partial charge in [0.15, 0.2) is 0 Å². The van der Waals surface area contributed by atoms with Gasteiger partial charge in [0.1, 0.15) is 11.6 Å². The van der Waals surface area contributed by atoms with E-state index < -0.39 is 0 Å². The summed E-state index contributed by atoms with van der Waals surface area (Å²) >= 11 is 0. The Morgan fingerprint density at radius 2 is 1.81 bits per heavy atom. The molecule has 0 atom stereocenters. The molecule has 0 aliphatic rings. The Kier molecular flexibility index (Phi) is 6.12. The second-order valence-corrected chi connectivity index (χ2v) is 7.28. The van der Waals surface area contributed by atoms with Gasteiger partial charge in [0.05, 0.1) is 17.6 Å². The maximum absolute atomic E-state index is 13.2. The van der Waals surface area contributed by atoms with Crippen LogP contribution in [0.15, 0.2) is 54.7 Å². The molecule has 5 heteroatoms. The molecule has 0 aliphatic heterocycles. The van der Waals surface area contributed by atoms with Crippen LogP contribution < -0.4 is 0 Å². The minimum atomic E-state index is -0.315. The van der Waals surface area contributed by atoms with Crippen LogP contribution in [0.3, 0.4) is 0 Å². The number of rotatable bonds is 8. The van der Waals surface area contributed by atoms with Crippen molar-refractivity contribution >= 4 is 5.78 Å². The Morgan fingerprint density at radius 1 is 1.07 bits per heavy atom. The number of Topliss-reactive ketones (excluding diaryl/α,β-unsaturated/α-hetero) is 1. The normalized spacial score (nSPS) is 11.1. The first-order chi connectivity index (χ1) is 13.0. The monoisotopic (exact) mass is 365 g/mol. The Hall–Kier alpha value is -2.82. The third kappa shape index (κ3) is 5.58. The molecule has 0 aliphatic carbocycles. The predicted octanol–water partition coefficient (Wildman–Crippen LogP) is 4.35. The van der Waals surface area contributed by atoms with E-state index in [1.165, 1.54) is 12.1 Å². The number of aromatic nitrogens is 3. The van der Waals surface area contributed by atoms with Crippen molar-refractivity contribution in [1.29, 1.82) is 0 Å². The fourth-order valence-electron chi connectivity index (χ4n) is 2.91. The number of hydrogen-bond donors (Lipinski definition) is 0. The fraction of sp³-hybridized carbons (Fsp3) is 0.318. The molecule has 0 fully saturated rings. The lowest BCUT2D eigenvalue weighted by Gasteiger charge is -2.04. The first-order valence-corrected chi connectivity index (χ1v) is 9.26. The Bertz CT molecular complexity index is 900. The number of benzene rings is 2. The summed E-state index contributed by atoms with van der Waals surface area (Å²) in [4.78, 5) is 12.2. The minimum Gasteiger partial charge on any atom is -0.299 e. The second kappa shape index (κ2) is 8.71. The molecule has 0 radical (unpaired) electrons. The zero-order valence-electron chi connectivity index (χ0n) is 15.7. The average molecular weight is 365 g/mol. The van der Waals surface area contributed by atoms with E-state index >= 15 is 0 Å². The van der Waals surface area contributed by atoms with Crippen LogP contribution in [-0.4, -0.2) is 20.8 Å². The number of carbonyl (C=O) groups is 1. The van der Waals surface area contributed by atoms with Gasteiger partial charge in [0.25, 0.3) is 0 Å². The van der Waals surface area contributed by atoms with E-state index in [0.717, 1.165) is 29.8 Å². The van der Waals surface area contributed by atoms with Crippen LogP contribution in [0.25, 0.3) is 5.69 Å². The van der Waals surface area contributed by atoms with Crippen molar-refractivity contribution in [3.05, 3.63) is 77.4 Å². The smallest absolute Gasteiger partial charge is 0.141 e. The number of ketones is 1. The van der Waals surface area contributed by atoms with E-state index in [1.54, 1.807) is 16.8 Å². The number of hydrogen-bond acceptors (Lipinski definition) is 3. The molecule has 4 nitrogen and oxygen atoms in total. The lowest BCUT2D eigenvalue weighted by molar-refractivity contribution is -0.117. The molecule has 1 heterocycles. The Morgan fingerprint density at radius 3 is 2.52 bits per heavy atom. The molecule has 0 N–H and O–H groups in total. The van der Waals surface area contributed by atoms with Gasteiger partial charge in [-0.05, 0) is 54.2 Å². The van der Waals surface area contributed by atoms with Crippen LogP contribution in [0.5, 0.6) is 0 Å². The van der Waals surface area contributed by atoms with Crippen molar-refractivity contribution in [2.24, 2.45) is 5.92 Å². The van der Waals surface area contributed by atoms with Gasteiger partial charge in [0.2, 0.25) is 0 Å². The van der Waals surface area contributed by atoms with Gasteiger partial charge < -0.3 is 0 Å². The summed E-state index contributed by atoms with van der Waals surface area (Å²) in [7, 11) is 0. The third-order valence-electron chi connectivity index (χ3n) is 4.41. The third-order valence-corrected chi connectivity index (χ3v) is 4.41. The lowest BCUT2D eigenvalue weighted by atomic mass is 10.0. The summed E-state index contributed by atoms with van der Waals surface area (Å²) in [6.45, 7) is 4.39. The standard InChI is InChI=1S/C22H24FN3O/c1-16(2)6-9-20-15-26(25-24-20)21-10-7-17(8-11-21)13-22(27)14-18-4-3-5-19(23)12-18/h3-5,7-8,10-12,15-16H,6,9,13-14H2,1-2H3. The van der Waals surface area contributed by atoms with E-state index in [0.29, 0.717) is 17.9 Å². The van der Waals surface area contributed by atoms with Crippen molar-refractivity contribution in [3.63, 3.8) is 0 Å². The molecule has 3 rings (SSSR count). The SMILES string of the molecule is CC(C)CCc1cn(-c2ccc(CC(=O)Cc3cccc(F)c3)cc2)nn1. The van der Waals surface area contributed by atoms with E-state index in [2.05, 4.69) is 24.2 Å². The number of nitrogens with zero attached hydrogens (tertiary/aromatic N) is 3. The molecule has 140 valence electrons. The zero-order chi connectivity index (χ0) is 19.2. The molecular weight excluding hydrogens is 341 g/mol. The summed E-state index contributed by atoms with van der Waals surface area (Å²) in [5.41, 5.74) is 3.53. The molecule has 0 unspecified atom stereocenters. The average Bonchev–Trinajstić information content (AvgIpc) is 3.09. The molecule has 3 aromatic rings. The first-order valence-electron chi connectivity index (χ1n) is 9.26. The second-order valence-electron chi connectivity index (χ2n) is 7.28. The Balaban J connectivity index is 1.59. The predicted molar refractivity (Wildman–Crippen MR) is 103 cm³/mol. The summed E-state index contributed by atoms with van der Waals surface area (Å²) < 4.78 is 15.0. The molecule has 0 bridgehead atoms. The van der Waals surface area contributed by atoms with Gasteiger partial charge in [-0.3, -0.25) is 4.79 Å². The van der Waals surface area contributed by atoms with Crippen LogP contribution in [0.2, 0.25) is 0 Å². The summed E-state index contributed by atoms with van der Waals surface area (Å²) in [6, 6.07) is 13.9. The van der Waals surface area contributed by atoms with E-state index in [1.807, 2.05) is 30.5 Å². The van der Waals surface area contributed by atoms with Crippen LogP contribution in [-0.2, 0) is 24.1 Å². The van der Waals surface area contributed by atoms with Crippen molar-refractivity contribution in [3.8, 4) is 5.69 Å². The highest BCUT2D eigenvalue weighted by atomic mass is 19.1. The van der Waals surface area contributed by atoms with Crippen LogP contribution >= 0.6 is 0 Å². The van der Waals surface area contributed by atoms with Gasteiger partial charge in [-0.1, -0.05) is 43.3 Å². The number of halogens is 1. The highest BCUT2D eigenvalue weighted by Gasteiger charge is 2.08. The number of aryl methyl sites for hydroxylation is 1. The quantitative estimate of drug-likeness (QED) is 0.596. The van der Waals surface area contributed by atoms with E-state index in [9.17, 15) is 9.18 Å². The maximum Gasteiger partial charge on any atom is 0.141 e. The van der Waals surface area contributed by atoms with Crippen LogP contribution in [0.1, 0.15) is 37.1 Å². The summed E-state index contributed by atoms with van der Waals surface area (Å²) in [5.74, 6) is 0.384. The topological polar surface area (TPSA) is 47.8 Å². The Labute approximate surface area is 159 Å². The van der Waals surface area contributed by atoms with Crippen molar-refractivity contribution < 1.29 is 9.18 Å². The molecule has 0 saturated carbocycles. The van der Waals surface area contributed by atoms with Gasteiger partial charge in [0, 0.05) is 12.8 Å². The number of carbonyl (C=O) groups excluding carboxylic acids is 1. The van der Waals surface area contributed by atoms with Crippen molar-refractivity contribution in [2.45, 2.75) is 39.5 Å². The molecule has 27 heavy (non-hydrogen) atoms. The molecule has 0 amide bonds. The van der Waals surface area contributed by atoms with E-state index in [-0.39, 0.29) is 18.0 Å². The highest BCUT2D eigenvalue weighted by molar-refractivity contribution is 5.83. The molecule has 0 spiro atoms. The van der Waals surface area contributed by atoms with Gasteiger partial charge in [-0.2, -0.15) is 0 Å². The fourth-order valence-corrected chi connectivity index (χ4v) is 2.91. The van der Waals surface area contributed by atoms with Gasteiger partial charge in [-0.25, -0.2) is 9.07 Å². The van der Waals surface area contributed by atoms with Gasteiger partial charge in [-0.15, -0.1) is 5.10 Å². The summed E-state index contributed by atoms with van der Waals surface area (Å²) in [6.07, 6.45) is 4.53. The largest absolute Gasteiger partial charge is 0.299 e. The van der Waals surface area contributed by atoms with Crippen LogP contribution in [0.4, 0.5) is 4.39 Å².